The van der Waals surface area contributed by atoms with Crippen LogP contribution in [0.4, 0.5) is 14.9 Å². The molecule has 2 heterocycles. The first-order valence-corrected chi connectivity index (χ1v) is 19.1. The molecule has 1 aliphatic rings. The summed E-state index contributed by atoms with van der Waals surface area (Å²) in [5.41, 5.74) is 15.9. The van der Waals surface area contributed by atoms with Crippen molar-refractivity contribution in [2.75, 3.05) is 32.1 Å². The van der Waals surface area contributed by atoms with Crippen LogP contribution in [-0.2, 0) is 29.2 Å². The van der Waals surface area contributed by atoms with E-state index in [0.29, 0.717) is 30.0 Å². The largest absolute Gasteiger partial charge is 0.497 e. The van der Waals surface area contributed by atoms with Gasteiger partial charge in [0.25, 0.3) is 0 Å². The zero-order valence-corrected chi connectivity index (χ0v) is 32.0. The molecule has 0 spiro atoms. The summed E-state index contributed by atoms with van der Waals surface area (Å²) in [6.07, 6.45) is 5.13. The van der Waals surface area contributed by atoms with Crippen molar-refractivity contribution in [1.82, 2.24) is 25.4 Å². The number of nitrogens with two attached hydrogens (primary N) is 2. The number of aliphatic imine (C=N–C) groups is 1. The number of amides is 4. The van der Waals surface area contributed by atoms with Gasteiger partial charge in [-0.3, -0.25) is 19.5 Å². The maximum atomic E-state index is 14.1. The van der Waals surface area contributed by atoms with E-state index >= 15 is 0 Å². The number of nitrogens with one attached hydrogen (secondary N) is 4. The quantitative estimate of drug-likeness (QED) is 0.0429. The van der Waals surface area contributed by atoms with E-state index in [2.05, 4.69) is 41.9 Å². The molecule has 4 aromatic carbocycles. The fourth-order valence-corrected chi connectivity index (χ4v) is 7.00. The van der Waals surface area contributed by atoms with Crippen LogP contribution in [0.15, 0.2) is 108 Å². The van der Waals surface area contributed by atoms with Gasteiger partial charge in [0.1, 0.15) is 23.7 Å². The van der Waals surface area contributed by atoms with Gasteiger partial charge in [-0.25, -0.2) is 9.18 Å². The Balaban J connectivity index is 1.22. The Morgan fingerprint density at radius 1 is 0.860 bits per heavy atom. The van der Waals surface area contributed by atoms with Gasteiger partial charge in [-0.15, -0.1) is 0 Å². The minimum Gasteiger partial charge on any atom is -0.497 e. The predicted molar refractivity (Wildman–Crippen MR) is 220 cm³/mol. The number of rotatable bonds is 17. The van der Waals surface area contributed by atoms with Crippen LogP contribution >= 0.6 is 0 Å². The first-order valence-electron chi connectivity index (χ1n) is 19.1. The predicted octanol–water partition coefficient (Wildman–Crippen LogP) is 5.15. The SMILES string of the molecule is COc1ccc([C@H](NC(=O)Nc2ccc3c(CN4CCCC4)cn(Cc4ccc(F)cc4)c3c2)C(=O)N[C@@H](CCCN=C(N)N)C(=O)NCc2ccccc2)cc1. The van der Waals surface area contributed by atoms with Gasteiger partial charge in [0.15, 0.2) is 5.96 Å². The van der Waals surface area contributed by atoms with Crippen LogP contribution in [0.25, 0.3) is 10.9 Å². The van der Waals surface area contributed by atoms with E-state index in [-0.39, 0.29) is 31.3 Å². The van der Waals surface area contributed by atoms with Crippen LogP contribution < -0.4 is 37.5 Å². The van der Waals surface area contributed by atoms with E-state index < -0.39 is 29.9 Å². The molecule has 0 radical (unpaired) electrons. The molecular formula is C43H50FN9O4. The molecule has 8 N–H and O–H groups in total. The van der Waals surface area contributed by atoms with E-state index in [4.69, 9.17) is 16.2 Å². The van der Waals surface area contributed by atoms with Gasteiger partial charge in [0.2, 0.25) is 11.8 Å². The molecule has 5 aromatic rings. The van der Waals surface area contributed by atoms with E-state index in [1.807, 2.05) is 48.5 Å². The van der Waals surface area contributed by atoms with E-state index in [1.54, 1.807) is 36.4 Å². The Hall–Kier alpha value is -6.41. The molecule has 0 saturated carbocycles. The number of aromatic nitrogens is 1. The number of likely N-dealkylation sites (tertiary alicyclic amines) is 1. The number of hydrogen-bond acceptors (Lipinski definition) is 6. The molecule has 57 heavy (non-hydrogen) atoms. The normalized spacial score (nSPS) is 13.7. The third kappa shape index (κ3) is 11.3. The summed E-state index contributed by atoms with van der Waals surface area (Å²) < 4.78 is 21.2. The lowest BCUT2D eigenvalue weighted by Gasteiger charge is -2.24. The molecule has 6 rings (SSSR count). The van der Waals surface area contributed by atoms with Gasteiger partial charge in [-0.1, -0.05) is 60.7 Å². The van der Waals surface area contributed by atoms with Crippen LogP contribution in [0.2, 0.25) is 0 Å². The molecule has 0 aliphatic carbocycles. The second kappa shape index (κ2) is 19.4. The number of fused-ring (bicyclic) bond motifs is 1. The van der Waals surface area contributed by atoms with Crippen molar-refractivity contribution < 1.29 is 23.5 Å². The zero-order chi connectivity index (χ0) is 40.1. The van der Waals surface area contributed by atoms with E-state index in [9.17, 15) is 18.8 Å². The molecule has 4 amide bonds. The highest BCUT2D eigenvalue weighted by molar-refractivity contribution is 5.97. The lowest BCUT2D eigenvalue weighted by Crippen LogP contribution is -2.51. The van der Waals surface area contributed by atoms with Crippen molar-refractivity contribution in [1.29, 1.82) is 0 Å². The smallest absolute Gasteiger partial charge is 0.320 e. The number of urea groups is 1. The number of carbonyl (C=O) groups is 3. The molecule has 1 fully saturated rings. The van der Waals surface area contributed by atoms with Gasteiger partial charge >= 0.3 is 6.03 Å². The molecule has 0 bridgehead atoms. The Morgan fingerprint density at radius 2 is 1.60 bits per heavy atom. The van der Waals surface area contributed by atoms with Gasteiger partial charge in [-0.2, -0.15) is 0 Å². The van der Waals surface area contributed by atoms with Crippen LogP contribution in [0.1, 0.15) is 54.0 Å². The van der Waals surface area contributed by atoms with Crippen molar-refractivity contribution >= 4 is 40.4 Å². The number of ether oxygens (including phenoxy) is 1. The summed E-state index contributed by atoms with van der Waals surface area (Å²) >= 11 is 0. The summed E-state index contributed by atoms with van der Waals surface area (Å²) in [7, 11) is 1.54. The molecule has 14 heteroatoms. The second-order valence-electron chi connectivity index (χ2n) is 14.1. The molecule has 0 unspecified atom stereocenters. The molecular weight excluding hydrogens is 726 g/mol. The Labute approximate surface area is 331 Å². The van der Waals surface area contributed by atoms with Crippen LogP contribution in [0.5, 0.6) is 5.75 Å². The van der Waals surface area contributed by atoms with E-state index in [0.717, 1.165) is 41.7 Å². The van der Waals surface area contributed by atoms with Crippen LogP contribution in [0.3, 0.4) is 0 Å². The lowest BCUT2D eigenvalue weighted by molar-refractivity contribution is -0.130. The average Bonchev–Trinajstić information content (AvgIpc) is 3.86. The highest BCUT2D eigenvalue weighted by Gasteiger charge is 2.28. The molecule has 2 atom stereocenters. The fourth-order valence-electron chi connectivity index (χ4n) is 7.00. The average molecular weight is 776 g/mol. The molecule has 298 valence electrons. The minimum absolute atomic E-state index is 0.0679. The van der Waals surface area contributed by atoms with Crippen molar-refractivity contribution in [2.24, 2.45) is 16.5 Å². The third-order valence-electron chi connectivity index (χ3n) is 9.96. The lowest BCUT2D eigenvalue weighted by atomic mass is 10.0. The second-order valence-corrected chi connectivity index (χ2v) is 14.1. The van der Waals surface area contributed by atoms with Crippen LogP contribution in [0, 0.1) is 5.82 Å². The van der Waals surface area contributed by atoms with Crippen LogP contribution in [-0.4, -0.2) is 66.1 Å². The number of carbonyl (C=O) groups excluding carboxylic acids is 3. The highest BCUT2D eigenvalue weighted by atomic mass is 19.1. The van der Waals surface area contributed by atoms with Crippen molar-refractivity contribution in [2.45, 2.75) is 57.4 Å². The standard InChI is InChI=1S/C43H50FN9O4/c1-57-35-18-13-31(14-19-35)39(41(55)50-37(10-7-21-47-42(45)46)40(54)48-25-29-8-3-2-4-9-29)51-43(56)49-34-17-20-36-32(27-52-22-5-6-23-52)28-53(38(36)24-34)26-30-11-15-33(44)16-12-30/h2-4,8-9,11-20,24,28,37,39H,5-7,10,21-23,25-27H2,1H3,(H,48,54)(H,50,55)(H4,45,46,47)(H2,49,51,56)/t37-,39-/m0/s1. The summed E-state index contributed by atoms with van der Waals surface area (Å²) in [4.78, 5) is 47.8. The number of hydrogen-bond donors (Lipinski definition) is 6. The van der Waals surface area contributed by atoms with Gasteiger partial charge in [0, 0.05) is 43.4 Å². The first-order chi connectivity index (χ1) is 27.6. The fraction of sp³-hybridized carbons (Fsp3) is 0.302. The number of halogens is 1. The van der Waals surface area contributed by atoms with Crippen molar-refractivity contribution in [3.8, 4) is 5.75 Å². The number of nitrogens with zero attached hydrogens (tertiary/aromatic N) is 3. The summed E-state index contributed by atoms with van der Waals surface area (Å²) in [6.45, 7) is 3.94. The maximum absolute atomic E-state index is 14.1. The number of methoxy groups -OCH3 is 1. The number of benzene rings is 4. The van der Waals surface area contributed by atoms with E-state index in [1.165, 1.54) is 37.6 Å². The number of guanidine groups is 1. The topological polar surface area (TPSA) is 181 Å². The Morgan fingerprint density at radius 3 is 2.30 bits per heavy atom. The molecule has 13 nitrogen and oxygen atoms in total. The zero-order valence-electron chi connectivity index (χ0n) is 32.0. The molecule has 1 aliphatic heterocycles. The Bertz CT molecular complexity index is 2150. The summed E-state index contributed by atoms with van der Waals surface area (Å²) in [5.74, 6) is -0.777. The Kier molecular flexibility index (Phi) is 13.7. The summed E-state index contributed by atoms with van der Waals surface area (Å²) in [6, 6.07) is 25.6. The minimum atomic E-state index is -1.18. The third-order valence-corrected chi connectivity index (χ3v) is 9.96. The van der Waals surface area contributed by atoms with Crippen molar-refractivity contribution in [3.63, 3.8) is 0 Å². The summed E-state index contributed by atoms with van der Waals surface area (Å²) in [5, 5.41) is 12.6. The molecule has 1 saturated heterocycles. The van der Waals surface area contributed by atoms with Gasteiger partial charge < -0.3 is 42.0 Å². The first kappa shape index (κ1) is 40.3. The maximum Gasteiger partial charge on any atom is 0.320 e. The van der Waals surface area contributed by atoms with Gasteiger partial charge in [-0.05, 0) is 97.4 Å². The van der Waals surface area contributed by atoms with Gasteiger partial charge in [0.05, 0.1) is 12.6 Å². The highest BCUT2D eigenvalue weighted by Crippen LogP contribution is 2.28. The molecule has 1 aromatic heterocycles. The monoisotopic (exact) mass is 775 g/mol. The van der Waals surface area contributed by atoms with Crippen molar-refractivity contribution in [3.05, 3.63) is 131 Å². The number of anilines is 1.